The minimum Gasteiger partial charge on any atom is -0.462 e. The van der Waals surface area contributed by atoms with Crippen LogP contribution in [0.25, 0.3) is 0 Å². The Balaban J connectivity index is 3.01. The van der Waals surface area contributed by atoms with E-state index < -0.39 is 0 Å². The Morgan fingerprint density at radius 1 is 1.41 bits per heavy atom. The summed E-state index contributed by atoms with van der Waals surface area (Å²) < 4.78 is 5.60. The highest BCUT2D eigenvalue weighted by Gasteiger charge is 2.17. The van der Waals surface area contributed by atoms with Crippen LogP contribution in [0.4, 0.5) is 0 Å². The summed E-state index contributed by atoms with van der Waals surface area (Å²) in [6, 6.07) is 5.04. The number of alkyl halides is 1. The predicted molar refractivity (Wildman–Crippen MR) is 72.4 cm³/mol. The molecule has 17 heavy (non-hydrogen) atoms. The van der Waals surface area contributed by atoms with Crippen molar-refractivity contribution in [2.24, 2.45) is 0 Å². The molecule has 1 rings (SSSR count). The number of Topliss-reactive ketones (excluding diaryl/α,β-unsaturated/α-hetero) is 1. The maximum atomic E-state index is 11.5. The molecule has 0 saturated carbocycles. The average Bonchev–Trinajstić information content (AvgIpc) is 2.28. The van der Waals surface area contributed by atoms with E-state index in [0.29, 0.717) is 16.6 Å². The van der Waals surface area contributed by atoms with Crippen molar-refractivity contribution in [1.29, 1.82) is 0 Å². The second-order valence-electron chi connectivity index (χ2n) is 3.43. The Kier molecular flexibility index (Phi) is 5.33. The molecule has 1 atom stereocenters. The van der Waals surface area contributed by atoms with Crippen LogP contribution in [0.2, 0.25) is 0 Å². The largest absolute Gasteiger partial charge is 0.462 e. The number of esters is 1. The van der Waals surface area contributed by atoms with Gasteiger partial charge >= 0.3 is 5.97 Å². The van der Waals surface area contributed by atoms with Crippen LogP contribution in [0.3, 0.4) is 0 Å². The molecular weight excluding hydrogens is 352 g/mol. The summed E-state index contributed by atoms with van der Waals surface area (Å²) >= 11 is 6.64. The molecule has 0 aliphatic rings. The summed E-state index contributed by atoms with van der Waals surface area (Å²) in [4.78, 5) is 22.4. The Morgan fingerprint density at radius 3 is 2.53 bits per heavy atom. The van der Waals surface area contributed by atoms with Crippen LogP contribution in [0.1, 0.15) is 34.6 Å². The fraction of sp³-hybridized carbons (Fsp3) is 0.333. The summed E-state index contributed by atoms with van der Waals surface area (Å²) in [5, 5.41) is 0. The van der Waals surface area contributed by atoms with Gasteiger partial charge in [0.1, 0.15) is 5.78 Å². The van der Waals surface area contributed by atoms with Gasteiger partial charge < -0.3 is 4.74 Å². The maximum Gasteiger partial charge on any atom is 0.338 e. The van der Waals surface area contributed by atoms with Crippen LogP contribution >= 0.6 is 31.9 Å². The van der Waals surface area contributed by atoms with E-state index in [9.17, 15) is 9.59 Å². The molecule has 0 bridgehead atoms. The van der Waals surface area contributed by atoms with E-state index >= 15 is 0 Å². The lowest BCUT2D eigenvalue weighted by Gasteiger charge is -2.10. The number of ether oxygens (including phenoxy) is 1. The van der Waals surface area contributed by atoms with Crippen molar-refractivity contribution >= 4 is 43.6 Å². The lowest BCUT2D eigenvalue weighted by Crippen LogP contribution is -2.07. The molecular formula is C12H12Br2O3. The molecule has 0 aromatic heterocycles. The maximum absolute atomic E-state index is 11.5. The number of hydrogen-bond donors (Lipinski definition) is 0. The zero-order valence-corrected chi connectivity index (χ0v) is 12.7. The van der Waals surface area contributed by atoms with Crippen molar-refractivity contribution < 1.29 is 14.3 Å². The van der Waals surface area contributed by atoms with E-state index in [-0.39, 0.29) is 16.6 Å². The van der Waals surface area contributed by atoms with Gasteiger partial charge in [0, 0.05) is 4.47 Å². The molecule has 0 amide bonds. The minimum atomic E-state index is -0.367. The highest BCUT2D eigenvalue weighted by Crippen LogP contribution is 2.31. The summed E-state index contributed by atoms with van der Waals surface area (Å²) in [7, 11) is 0. The quantitative estimate of drug-likeness (QED) is 0.605. The van der Waals surface area contributed by atoms with Gasteiger partial charge in [0.15, 0.2) is 0 Å². The number of benzene rings is 1. The molecule has 0 aliphatic heterocycles. The predicted octanol–water partition coefficient (Wildman–Crippen LogP) is 3.65. The van der Waals surface area contributed by atoms with Crippen LogP contribution in [0.15, 0.2) is 22.7 Å². The molecule has 0 aliphatic carbocycles. The number of rotatable bonds is 4. The monoisotopic (exact) mass is 362 g/mol. The van der Waals surface area contributed by atoms with Crippen LogP contribution in [-0.4, -0.2) is 18.4 Å². The average molecular weight is 364 g/mol. The molecule has 0 heterocycles. The molecule has 3 nitrogen and oxygen atoms in total. The molecule has 0 radical (unpaired) electrons. The number of carbonyl (C=O) groups excluding carboxylic acids is 2. The van der Waals surface area contributed by atoms with Crippen molar-refractivity contribution in [3.05, 3.63) is 33.8 Å². The lowest BCUT2D eigenvalue weighted by atomic mass is 10.1. The van der Waals surface area contributed by atoms with E-state index in [1.54, 1.807) is 25.1 Å². The minimum absolute atomic E-state index is 0.00887. The third-order valence-corrected chi connectivity index (χ3v) is 3.97. The standard InChI is InChI=1S/C12H12Br2O3/c1-3-17-12(16)8-4-5-9(10(13)6-8)11(14)7(2)15/h4-6,11H,3H2,1-2H3. The Morgan fingerprint density at radius 2 is 2.06 bits per heavy atom. The molecule has 1 aromatic carbocycles. The molecule has 0 N–H and O–H groups in total. The van der Waals surface area contributed by atoms with Crippen molar-refractivity contribution in [2.45, 2.75) is 18.7 Å². The highest BCUT2D eigenvalue weighted by molar-refractivity contribution is 9.11. The SMILES string of the molecule is CCOC(=O)c1ccc(C(Br)C(C)=O)c(Br)c1. The summed E-state index contributed by atoms with van der Waals surface area (Å²) in [6.45, 7) is 3.60. The first-order valence-electron chi connectivity index (χ1n) is 5.08. The first-order chi connectivity index (χ1) is 7.97. The number of carbonyl (C=O) groups is 2. The van der Waals surface area contributed by atoms with E-state index in [1.165, 1.54) is 6.92 Å². The first-order valence-corrected chi connectivity index (χ1v) is 6.79. The van der Waals surface area contributed by atoms with Gasteiger partial charge in [-0.15, -0.1) is 0 Å². The lowest BCUT2D eigenvalue weighted by molar-refractivity contribution is -0.116. The van der Waals surface area contributed by atoms with Gasteiger partial charge in [-0.05, 0) is 31.5 Å². The van der Waals surface area contributed by atoms with E-state index in [4.69, 9.17) is 4.74 Å². The van der Waals surface area contributed by atoms with Crippen molar-refractivity contribution in [1.82, 2.24) is 0 Å². The van der Waals surface area contributed by atoms with Crippen LogP contribution in [0, 0.1) is 0 Å². The zero-order valence-electron chi connectivity index (χ0n) is 9.50. The van der Waals surface area contributed by atoms with Gasteiger partial charge in [-0.2, -0.15) is 0 Å². The summed E-state index contributed by atoms with van der Waals surface area (Å²) in [5.41, 5.74) is 1.26. The van der Waals surface area contributed by atoms with Crippen molar-refractivity contribution in [2.75, 3.05) is 6.61 Å². The van der Waals surface area contributed by atoms with E-state index in [1.807, 2.05) is 0 Å². The topological polar surface area (TPSA) is 43.4 Å². The van der Waals surface area contributed by atoms with Gasteiger partial charge in [0.05, 0.1) is 17.0 Å². The Hall–Kier alpha value is -0.680. The van der Waals surface area contributed by atoms with Crippen LogP contribution in [-0.2, 0) is 9.53 Å². The van der Waals surface area contributed by atoms with Gasteiger partial charge in [-0.25, -0.2) is 4.79 Å². The van der Waals surface area contributed by atoms with Gasteiger partial charge in [0.2, 0.25) is 0 Å². The molecule has 1 aromatic rings. The number of hydrogen-bond acceptors (Lipinski definition) is 3. The van der Waals surface area contributed by atoms with Crippen LogP contribution in [0.5, 0.6) is 0 Å². The fourth-order valence-electron chi connectivity index (χ4n) is 1.29. The van der Waals surface area contributed by atoms with Gasteiger partial charge in [-0.1, -0.05) is 37.9 Å². The molecule has 92 valence electrons. The first kappa shape index (κ1) is 14.4. The smallest absolute Gasteiger partial charge is 0.338 e. The van der Waals surface area contributed by atoms with Crippen LogP contribution < -0.4 is 0 Å². The highest BCUT2D eigenvalue weighted by atomic mass is 79.9. The third-order valence-electron chi connectivity index (χ3n) is 2.14. The number of ketones is 1. The molecule has 0 saturated heterocycles. The summed E-state index contributed by atoms with van der Waals surface area (Å²) in [6.07, 6.45) is 0. The molecule has 1 unspecified atom stereocenters. The normalized spacial score (nSPS) is 12.0. The van der Waals surface area contributed by atoms with Crippen molar-refractivity contribution in [3.63, 3.8) is 0 Å². The molecule has 5 heteroatoms. The second-order valence-corrected chi connectivity index (χ2v) is 5.20. The van der Waals surface area contributed by atoms with Crippen molar-refractivity contribution in [3.8, 4) is 0 Å². The Bertz CT molecular complexity index is 443. The summed E-state index contributed by atoms with van der Waals surface area (Å²) in [5.74, 6) is -0.358. The number of halogens is 2. The third kappa shape index (κ3) is 3.64. The van der Waals surface area contributed by atoms with Gasteiger partial charge in [-0.3, -0.25) is 4.79 Å². The zero-order chi connectivity index (χ0) is 13.0. The van der Waals surface area contributed by atoms with E-state index in [2.05, 4.69) is 31.9 Å². The second kappa shape index (κ2) is 6.31. The fourth-order valence-corrected chi connectivity index (χ4v) is 2.61. The van der Waals surface area contributed by atoms with E-state index in [0.717, 1.165) is 5.56 Å². The van der Waals surface area contributed by atoms with Gasteiger partial charge in [0.25, 0.3) is 0 Å². The molecule has 0 spiro atoms. The Labute approximate surface area is 117 Å². The molecule has 0 fully saturated rings.